The Morgan fingerprint density at radius 1 is 0.818 bits per heavy atom. The molecule has 0 heterocycles. The number of carbonyl (C=O) groups is 1. The summed E-state index contributed by atoms with van der Waals surface area (Å²) in [4.78, 5) is 12.8. The van der Waals surface area contributed by atoms with Gasteiger partial charge < -0.3 is 5.73 Å². The van der Waals surface area contributed by atoms with E-state index in [9.17, 15) is 4.79 Å². The first-order valence-electron chi connectivity index (χ1n) is 6.91. The zero-order valence-electron chi connectivity index (χ0n) is 11.8. The molecule has 0 saturated carbocycles. The van der Waals surface area contributed by atoms with Crippen LogP contribution in [0, 0.1) is 3.57 Å². The Hall–Kier alpha value is -2.14. The Bertz CT molecular complexity index is 828. The number of benzene rings is 3. The number of nitrogens with two attached hydrogens (primary N) is 1. The minimum absolute atomic E-state index is 0.00876. The van der Waals surface area contributed by atoms with Crippen LogP contribution >= 0.6 is 22.6 Å². The average molecular weight is 399 g/mol. The minimum Gasteiger partial charge on any atom is -0.398 e. The Labute approximate surface area is 143 Å². The SMILES string of the molecule is Nc1ccc(I)cc1-c1ccccc1C(=O)c1ccccc1. The molecule has 0 aliphatic rings. The lowest BCUT2D eigenvalue weighted by Gasteiger charge is -2.12. The van der Waals surface area contributed by atoms with E-state index in [-0.39, 0.29) is 5.78 Å². The fourth-order valence-corrected chi connectivity index (χ4v) is 2.91. The molecule has 3 rings (SSSR count). The van der Waals surface area contributed by atoms with Gasteiger partial charge in [-0.15, -0.1) is 0 Å². The van der Waals surface area contributed by atoms with Crippen molar-refractivity contribution in [3.63, 3.8) is 0 Å². The second kappa shape index (κ2) is 6.32. The molecule has 0 spiro atoms. The normalized spacial score (nSPS) is 10.4. The van der Waals surface area contributed by atoms with Crippen LogP contribution in [0.3, 0.4) is 0 Å². The lowest BCUT2D eigenvalue weighted by molar-refractivity contribution is 0.103. The van der Waals surface area contributed by atoms with Gasteiger partial charge in [-0.3, -0.25) is 4.79 Å². The highest BCUT2D eigenvalue weighted by atomic mass is 127. The van der Waals surface area contributed by atoms with Crippen LogP contribution in [0.15, 0.2) is 72.8 Å². The van der Waals surface area contributed by atoms with E-state index in [1.54, 1.807) is 0 Å². The van der Waals surface area contributed by atoms with Gasteiger partial charge in [0.05, 0.1) is 0 Å². The van der Waals surface area contributed by atoms with E-state index in [0.717, 1.165) is 14.7 Å². The second-order valence-corrected chi connectivity index (χ2v) is 6.22. The topological polar surface area (TPSA) is 43.1 Å². The van der Waals surface area contributed by atoms with Crippen LogP contribution in [-0.2, 0) is 0 Å². The van der Waals surface area contributed by atoms with Gasteiger partial charge in [-0.2, -0.15) is 0 Å². The van der Waals surface area contributed by atoms with Crippen LogP contribution in [-0.4, -0.2) is 5.78 Å². The fourth-order valence-electron chi connectivity index (χ4n) is 2.42. The predicted molar refractivity (Wildman–Crippen MR) is 98.9 cm³/mol. The Morgan fingerprint density at radius 2 is 1.50 bits per heavy atom. The van der Waals surface area contributed by atoms with Gasteiger partial charge in [0.15, 0.2) is 5.78 Å². The molecule has 3 heteroatoms. The third-order valence-electron chi connectivity index (χ3n) is 3.51. The first-order chi connectivity index (χ1) is 10.7. The van der Waals surface area contributed by atoms with Gasteiger partial charge in [0.25, 0.3) is 0 Å². The molecule has 0 saturated heterocycles. The number of ketones is 1. The predicted octanol–water partition coefficient (Wildman–Crippen LogP) is 4.77. The molecule has 0 aromatic heterocycles. The highest BCUT2D eigenvalue weighted by molar-refractivity contribution is 14.1. The summed E-state index contributed by atoms with van der Waals surface area (Å²) in [6, 6.07) is 22.7. The van der Waals surface area contributed by atoms with E-state index in [2.05, 4.69) is 22.6 Å². The maximum atomic E-state index is 12.8. The molecule has 0 fully saturated rings. The van der Waals surface area contributed by atoms with Gasteiger partial charge in [-0.25, -0.2) is 0 Å². The number of hydrogen-bond acceptors (Lipinski definition) is 2. The molecule has 0 bridgehead atoms. The molecule has 2 nitrogen and oxygen atoms in total. The van der Waals surface area contributed by atoms with Crippen LogP contribution in [0.4, 0.5) is 5.69 Å². The quantitative estimate of drug-likeness (QED) is 0.392. The molecule has 0 atom stereocenters. The van der Waals surface area contributed by atoms with E-state index < -0.39 is 0 Å². The van der Waals surface area contributed by atoms with E-state index >= 15 is 0 Å². The molecule has 22 heavy (non-hydrogen) atoms. The Kier molecular flexibility index (Phi) is 4.24. The van der Waals surface area contributed by atoms with Crippen molar-refractivity contribution in [2.45, 2.75) is 0 Å². The summed E-state index contributed by atoms with van der Waals surface area (Å²) in [6.45, 7) is 0. The number of carbonyl (C=O) groups excluding carboxylic acids is 1. The number of rotatable bonds is 3. The number of nitrogen functional groups attached to an aromatic ring is 1. The zero-order chi connectivity index (χ0) is 15.5. The summed E-state index contributed by atoms with van der Waals surface area (Å²) in [5, 5.41) is 0. The van der Waals surface area contributed by atoms with Gasteiger partial charge in [0.2, 0.25) is 0 Å². The average Bonchev–Trinajstić information content (AvgIpc) is 2.57. The van der Waals surface area contributed by atoms with E-state index in [1.165, 1.54) is 0 Å². The van der Waals surface area contributed by atoms with Crippen LogP contribution in [0.25, 0.3) is 11.1 Å². The monoisotopic (exact) mass is 399 g/mol. The fraction of sp³-hybridized carbons (Fsp3) is 0. The summed E-state index contributed by atoms with van der Waals surface area (Å²) in [6.07, 6.45) is 0. The standard InChI is InChI=1S/C19H14INO/c20-14-10-11-18(21)17(12-14)15-8-4-5-9-16(15)19(22)13-6-2-1-3-7-13/h1-12H,21H2. The van der Waals surface area contributed by atoms with Crippen molar-refractivity contribution < 1.29 is 4.79 Å². The smallest absolute Gasteiger partial charge is 0.193 e. The molecule has 0 radical (unpaired) electrons. The van der Waals surface area contributed by atoms with Crippen molar-refractivity contribution in [2.75, 3.05) is 5.73 Å². The van der Waals surface area contributed by atoms with E-state index in [0.29, 0.717) is 16.8 Å². The molecule has 0 amide bonds. The Balaban J connectivity index is 2.15. The van der Waals surface area contributed by atoms with Crippen LogP contribution < -0.4 is 5.73 Å². The maximum absolute atomic E-state index is 12.8. The summed E-state index contributed by atoms with van der Waals surface area (Å²) in [5.74, 6) is 0.00876. The molecule has 108 valence electrons. The molecule has 3 aromatic carbocycles. The summed E-state index contributed by atoms with van der Waals surface area (Å²) in [5.41, 5.74) is 9.90. The Morgan fingerprint density at radius 3 is 2.27 bits per heavy atom. The van der Waals surface area contributed by atoms with Crippen LogP contribution in [0.5, 0.6) is 0 Å². The largest absolute Gasteiger partial charge is 0.398 e. The van der Waals surface area contributed by atoms with Gasteiger partial charge >= 0.3 is 0 Å². The summed E-state index contributed by atoms with van der Waals surface area (Å²) in [7, 11) is 0. The van der Waals surface area contributed by atoms with Crippen molar-refractivity contribution in [2.24, 2.45) is 0 Å². The lowest BCUT2D eigenvalue weighted by Crippen LogP contribution is -2.04. The second-order valence-electron chi connectivity index (χ2n) is 4.97. The molecular weight excluding hydrogens is 385 g/mol. The molecule has 0 unspecified atom stereocenters. The van der Waals surface area contributed by atoms with E-state index in [4.69, 9.17) is 5.73 Å². The number of hydrogen-bond donors (Lipinski definition) is 1. The highest BCUT2D eigenvalue weighted by Gasteiger charge is 2.15. The minimum atomic E-state index is 0.00876. The molecular formula is C19H14INO. The third-order valence-corrected chi connectivity index (χ3v) is 4.18. The number of halogens is 1. The third kappa shape index (κ3) is 2.90. The summed E-state index contributed by atoms with van der Waals surface area (Å²) < 4.78 is 1.09. The number of anilines is 1. The van der Waals surface area contributed by atoms with Crippen LogP contribution in [0.2, 0.25) is 0 Å². The van der Waals surface area contributed by atoms with Crippen molar-refractivity contribution in [3.05, 3.63) is 87.5 Å². The van der Waals surface area contributed by atoms with Crippen molar-refractivity contribution >= 4 is 34.1 Å². The molecule has 3 aromatic rings. The van der Waals surface area contributed by atoms with Crippen molar-refractivity contribution in [3.8, 4) is 11.1 Å². The van der Waals surface area contributed by atoms with Crippen LogP contribution in [0.1, 0.15) is 15.9 Å². The van der Waals surface area contributed by atoms with Gasteiger partial charge in [-0.1, -0.05) is 54.6 Å². The molecule has 2 N–H and O–H groups in total. The zero-order valence-corrected chi connectivity index (χ0v) is 13.9. The van der Waals surface area contributed by atoms with Crippen molar-refractivity contribution in [1.29, 1.82) is 0 Å². The lowest BCUT2D eigenvalue weighted by atomic mass is 9.93. The van der Waals surface area contributed by atoms with Gasteiger partial charge in [0.1, 0.15) is 0 Å². The molecule has 0 aliphatic heterocycles. The first-order valence-corrected chi connectivity index (χ1v) is 7.99. The molecule has 0 aliphatic carbocycles. The van der Waals surface area contributed by atoms with Gasteiger partial charge in [-0.05, 0) is 46.4 Å². The first kappa shape index (κ1) is 14.8. The highest BCUT2D eigenvalue weighted by Crippen LogP contribution is 2.31. The van der Waals surface area contributed by atoms with Crippen molar-refractivity contribution in [1.82, 2.24) is 0 Å². The van der Waals surface area contributed by atoms with Gasteiger partial charge in [0, 0.05) is 25.9 Å². The summed E-state index contributed by atoms with van der Waals surface area (Å²) >= 11 is 2.25. The van der Waals surface area contributed by atoms with E-state index in [1.807, 2.05) is 72.8 Å². The maximum Gasteiger partial charge on any atom is 0.193 e.